The van der Waals surface area contributed by atoms with Crippen LogP contribution in [0.25, 0.3) is 5.57 Å². The van der Waals surface area contributed by atoms with Gasteiger partial charge in [-0.05, 0) is 73.5 Å². The number of allylic oxidation sites excluding steroid dienone is 1. The molecule has 0 radical (unpaired) electrons. The van der Waals surface area contributed by atoms with Crippen LogP contribution in [-0.4, -0.2) is 29.4 Å². The summed E-state index contributed by atoms with van der Waals surface area (Å²) in [6.07, 6.45) is -0.954. The lowest BCUT2D eigenvalue weighted by molar-refractivity contribution is 0.00513. The Hall–Kier alpha value is -2.34. The van der Waals surface area contributed by atoms with E-state index in [1.54, 1.807) is 60.6 Å². The molecule has 0 fully saturated rings. The fraction of sp³-hybridized carbons (Fsp3) is 0.565. The first-order valence-corrected chi connectivity index (χ1v) is 9.68. The van der Waals surface area contributed by atoms with Crippen LogP contribution in [0.1, 0.15) is 83.8 Å². The first-order chi connectivity index (χ1) is 13.1. The molecule has 6 heteroatoms. The Kier molecular flexibility index (Phi) is 8.04. The summed E-state index contributed by atoms with van der Waals surface area (Å²) in [4.78, 5) is 25.4. The molecule has 0 aromatic heterocycles. The minimum atomic E-state index is -0.910. The first-order valence-electron chi connectivity index (χ1n) is 9.68. The van der Waals surface area contributed by atoms with Gasteiger partial charge in [0.1, 0.15) is 16.8 Å². The van der Waals surface area contributed by atoms with Gasteiger partial charge in [-0.3, -0.25) is 0 Å². The van der Waals surface area contributed by atoms with Crippen molar-refractivity contribution >= 4 is 17.7 Å². The molecule has 29 heavy (non-hydrogen) atoms. The molecule has 0 heterocycles. The molecule has 0 aliphatic carbocycles. The number of hydrogen-bond acceptors (Lipinski definition) is 6. The Morgan fingerprint density at radius 1 is 1.00 bits per heavy atom. The quantitative estimate of drug-likeness (QED) is 0.432. The second kappa shape index (κ2) is 9.44. The van der Waals surface area contributed by atoms with E-state index in [4.69, 9.17) is 18.9 Å². The summed E-state index contributed by atoms with van der Waals surface area (Å²) in [5, 5.41) is 0. The average molecular weight is 407 g/mol. The van der Waals surface area contributed by atoms with Gasteiger partial charge >= 0.3 is 12.1 Å². The number of hydrogen-bond donors (Lipinski definition) is 0. The Balaban J connectivity index is 3.55. The zero-order chi connectivity index (χ0) is 22.6. The van der Waals surface area contributed by atoms with Crippen molar-refractivity contribution in [1.82, 2.24) is 0 Å². The van der Waals surface area contributed by atoms with Gasteiger partial charge < -0.3 is 18.9 Å². The number of ether oxygens (including phenoxy) is 4. The highest BCUT2D eigenvalue weighted by molar-refractivity contribution is 5.97. The highest BCUT2D eigenvalue weighted by atomic mass is 16.7. The zero-order valence-corrected chi connectivity index (χ0v) is 19.1. The number of esters is 1. The van der Waals surface area contributed by atoms with Gasteiger partial charge in [0.2, 0.25) is 0 Å². The molecule has 0 N–H and O–H groups in total. The van der Waals surface area contributed by atoms with Crippen LogP contribution in [0.5, 0.6) is 5.75 Å². The fourth-order valence-corrected chi connectivity index (χ4v) is 2.35. The second-order valence-corrected chi connectivity index (χ2v) is 9.18. The van der Waals surface area contributed by atoms with Crippen LogP contribution in [0, 0.1) is 0 Å². The van der Waals surface area contributed by atoms with Gasteiger partial charge in [-0.2, -0.15) is 0 Å². The normalized spacial score (nSPS) is 11.9. The predicted molar refractivity (Wildman–Crippen MR) is 113 cm³/mol. The van der Waals surface area contributed by atoms with Gasteiger partial charge in [0.05, 0.1) is 12.7 Å². The summed E-state index contributed by atoms with van der Waals surface area (Å²) in [5.41, 5.74) is 0.360. The van der Waals surface area contributed by atoms with E-state index in [0.29, 0.717) is 16.7 Å². The minimum Gasteiger partial charge on any atom is -0.456 e. The molecule has 0 bridgehead atoms. The third kappa shape index (κ3) is 8.28. The van der Waals surface area contributed by atoms with Crippen LogP contribution in [0.2, 0.25) is 0 Å². The van der Waals surface area contributed by atoms with Crippen molar-refractivity contribution in [1.29, 1.82) is 0 Å². The second-order valence-electron chi connectivity index (χ2n) is 9.18. The maximum absolute atomic E-state index is 13.0. The van der Waals surface area contributed by atoms with Crippen molar-refractivity contribution in [2.45, 2.75) is 86.2 Å². The molecule has 0 aliphatic rings. The van der Waals surface area contributed by atoms with Crippen LogP contribution in [0.4, 0.5) is 4.79 Å². The first kappa shape index (κ1) is 24.7. The lowest BCUT2D eigenvalue weighted by atomic mass is 9.98. The molecular weight excluding hydrogens is 372 g/mol. The summed E-state index contributed by atoms with van der Waals surface area (Å²) < 4.78 is 22.1. The third-order valence-electron chi connectivity index (χ3n) is 3.45. The molecule has 0 saturated carbocycles. The van der Waals surface area contributed by atoms with E-state index in [0.717, 1.165) is 0 Å². The van der Waals surface area contributed by atoms with Crippen molar-refractivity contribution < 1.29 is 28.5 Å². The number of rotatable bonds is 6. The van der Waals surface area contributed by atoms with E-state index in [-0.39, 0.29) is 24.0 Å². The SMILES string of the molecule is C=C(C)c1ccc(COC(C)C)c(C(=O)OC(C)(C)C)c1OC(=O)OC(C)(C)C. The van der Waals surface area contributed by atoms with Gasteiger partial charge in [-0.15, -0.1) is 0 Å². The molecule has 1 aromatic carbocycles. The van der Waals surface area contributed by atoms with Crippen LogP contribution >= 0.6 is 0 Å². The Morgan fingerprint density at radius 3 is 2.00 bits per heavy atom. The molecule has 0 saturated heterocycles. The largest absolute Gasteiger partial charge is 0.514 e. The van der Waals surface area contributed by atoms with Crippen molar-refractivity contribution in [3.8, 4) is 5.75 Å². The van der Waals surface area contributed by atoms with Crippen LogP contribution in [-0.2, 0) is 20.8 Å². The molecule has 0 unspecified atom stereocenters. The van der Waals surface area contributed by atoms with Crippen LogP contribution in [0.3, 0.4) is 0 Å². The van der Waals surface area contributed by atoms with Gasteiger partial charge in [0, 0.05) is 5.56 Å². The molecular formula is C23H34O6. The lowest BCUT2D eigenvalue weighted by Gasteiger charge is -2.24. The summed E-state index contributed by atoms with van der Waals surface area (Å²) in [6.45, 7) is 20.2. The predicted octanol–water partition coefficient (Wildman–Crippen LogP) is 5.91. The van der Waals surface area contributed by atoms with Gasteiger partial charge in [0.15, 0.2) is 5.75 Å². The van der Waals surface area contributed by atoms with Crippen molar-refractivity contribution in [3.63, 3.8) is 0 Å². The lowest BCUT2D eigenvalue weighted by Crippen LogP contribution is -2.28. The Labute approximate surface area is 174 Å². The molecule has 0 atom stereocenters. The van der Waals surface area contributed by atoms with Crippen molar-refractivity contribution in [2.75, 3.05) is 0 Å². The molecule has 1 aromatic rings. The number of carbonyl (C=O) groups excluding carboxylic acids is 2. The zero-order valence-electron chi connectivity index (χ0n) is 19.1. The molecule has 1 rings (SSSR count). The summed E-state index contributed by atoms with van der Waals surface area (Å²) in [5.74, 6) is -0.549. The molecule has 162 valence electrons. The van der Waals surface area contributed by atoms with Crippen molar-refractivity contribution in [2.24, 2.45) is 0 Å². The van der Waals surface area contributed by atoms with Gasteiger partial charge in [-0.1, -0.05) is 18.7 Å². The molecule has 0 amide bonds. The summed E-state index contributed by atoms with van der Waals surface area (Å²) in [7, 11) is 0. The number of carbonyl (C=O) groups is 2. The number of benzene rings is 1. The average Bonchev–Trinajstić information content (AvgIpc) is 2.48. The topological polar surface area (TPSA) is 71.1 Å². The monoisotopic (exact) mass is 406 g/mol. The van der Waals surface area contributed by atoms with E-state index in [1.807, 2.05) is 13.8 Å². The van der Waals surface area contributed by atoms with E-state index in [9.17, 15) is 9.59 Å². The Morgan fingerprint density at radius 2 is 1.55 bits per heavy atom. The minimum absolute atomic E-state index is 0.0440. The fourth-order valence-electron chi connectivity index (χ4n) is 2.35. The summed E-state index contributed by atoms with van der Waals surface area (Å²) in [6, 6.07) is 3.50. The molecule has 0 spiro atoms. The third-order valence-corrected chi connectivity index (χ3v) is 3.45. The van der Waals surface area contributed by atoms with Crippen LogP contribution < -0.4 is 4.74 Å². The van der Waals surface area contributed by atoms with E-state index >= 15 is 0 Å². The highest BCUT2D eigenvalue weighted by Crippen LogP contribution is 2.34. The maximum atomic E-state index is 13.0. The molecule has 6 nitrogen and oxygen atoms in total. The van der Waals surface area contributed by atoms with E-state index in [1.165, 1.54) is 0 Å². The van der Waals surface area contributed by atoms with E-state index < -0.39 is 23.3 Å². The van der Waals surface area contributed by atoms with Gasteiger partial charge in [0.25, 0.3) is 0 Å². The van der Waals surface area contributed by atoms with Crippen LogP contribution in [0.15, 0.2) is 18.7 Å². The van der Waals surface area contributed by atoms with E-state index in [2.05, 4.69) is 6.58 Å². The Bertz CT molecular complexity index is 763. The van der Waals surface area contributed by atoms with Gasteiger partial charge in [-0.25, -0.2) is 9.59 Å². The standard InChI is InChI=1S/C23H34O6/c1-14(2)17-12-11-16(13-26-15(3)4)18(20(24)28-22(5,6)7)19(17)27-21(25)29-23(8,9)10/h11-12,15H,1,13H2,2-10H3. The summed E-state index contributed by atoms with van der Waals surface area (Å²) >= 11 is 0. The highest BCUT2D eigenvalue weighted by Gasteiger charge is 2.29. The smallest absolute Gasteiger partial charge is 0.456 e. The maximum Gasteiger partial charge on any atom is 0.514 e. The molecule has 0 aliphatic heterocycles. The van der Waals surface area contributed by atoms with Crippen molar-refractivity contribution in [3.05, 3.63) is 35.4 Å².